The summed E-state index contributed by atoms with van der Waals surface area (Å²) >= 11 is 0. The zero-order valence-electron chi connectivity index (χ0n) is 7.06. The highest BCUT2D eigenvalue weighted by atomic mass is 16.3. The second-order valence-corrected chi connectivity index (χ2v) is 3.62. The molecule has 1 aliphatic rings. The highest BCUT2D eigenvalue weighted by Gasteiger charge is 2.35. The standard InChI is InChI=1S/C9H18O/c1-3-8(2)9(10)6-4-5-7-9/h8,10H,3-7H2,1-2H3. The van der Waals surface area contributed by atoms with Gasteiger partial charge in [-0.3, -0.25) is 0 Å². The minimum Gasteiger partial charge on any atom is -0.390 e. The van der Waals surface area contributed by atoms with Crippen LogP contribution >= 0.6 is 0 Å². The molecule has 0 aromatic rings. The van der Waals surface area contributed by atoms with Gasteiger partial charge in [0.1, 0.15) is 0 Å². The molecule has 1 aliphatic carbocycles. The average Bonchev–Trinajstić information content (AvgIpc) is 2.36. The van der Waals surface area contributed by atoms with Crippen LogP contribution in [0.1, 0.15) is 46.0 Å². The molecule has 1 rings (SSSR count). The molecule has 1 heteroatoms. The smallest absolute Gasteiger partial charge is 0.0673 e. The maximum absolute atomic E-state index is 9.96. The molecule has 1 saturated carbocycles. The van der Waals surface area contributed by atoms with Gasteiger partial charge in [-0.1, -0.05) is 33.1 Å². The van der Waals surface area contributed by atoms with Crippen molar-refractivity contribution in [2.45, 2.75) is 51.6 Å². The van der Waals surface area contributed by atoms with E-state index in [4.69, 9.17) is 0 Å². The van der Waals surface area contributed by atoms with Crippen LogP contribution < -0.4 is 0 Å². The van der Waals surface area contributed by atoms with Crippen LogP contribution in [0.15, 0.2) is 0 Å². The fourth-order valence-corrected chi connectivity index (χ4v) is 1.86. The summed E-state index contributed by atoms with van der Waals surface area (Å²) in [6.45, 7) is 4.31. The van der Waals surface area contributed by atoms with E-state index in [9.17, 15) is 5.11 Å². The molecule has 0 radical (unpaired) electrons. The number of rotatable bonds is 2. The third-order valence-corrected chi connectivity index (χ3v) is 3.00. The Morgan fingerprint density at radius 3 is 2.30 bits per heavy atom. The minimum atomic E-state index is -0.297. The third-order valence-electron chi connectivity index (χ3n) is 3.00. The van der Waals surface area contributed by atoms with Gasteiger partial charge in [0, 0.05) is 0 Å². The second-order valence-electron chi connectivity index (χ2n) is 3.62. The Balaban J connectivity index is 2.49. The van der Waals surface area contributed by atoms with E-state index in [2.05, 4.69) is 13.8 Å². The van der Waals surface area contributed by atoms with Crippen molar-refractivity contribution >= 4 is 0 Å². The van der Waals surface area contributed by atoms with Crippen molar-refractivity contribution in [3.05, 3.63) is 0 Å². The quantitative estimate of drug-likeness (QED) is 0.627. The zero-order chi connectivity index (χ0) is 7.61. The topological polar surface area (TPSA) is 20.2 Å². The fourth-order valence-electron chi connectivity index (χ4n) is 1.86. The van der Waals surface area contributed by atoms with Crippen molar-refractivity contribution in [2.75, 3.05) is 0 Å². The molecule has 1 nitrogen and oxygen atoms in total. The predicted molar refractivity (Wildman–Crippen MR) is 42.9 cm³/mol. The van der Waals surface area contributed by atoms with E-state index in [0.29, 0.717) is 5.92 Å². The van der Waals surface area contributed by atoms with Crippen LogP contribution in [-0.4, -0.2) is 10.7 Å². The van der Waals surface area contributed by atoms with E-state index < -0.39 is 0 Å². The average molecular weight is 142 g/mol. The van der Waals surface area contributed by atoms with Crippen LogP contribution in [0.3, 0.4) is 0 Å². The summed E-state index contributed by atoms with van der Waals surface area (Å²) in [6, 6.07) is 0. The van der Waals surface area contributed by atoms with Crippen LogP contribution in [0.25, 0.3) is 0 Å². The largest absolute Gasteiger partial charge is 0.390 e. The Bertz CT molecular complexity index is 103. The second kappa shape index (κ2) is 2.91. The van der Waals surface area contributed by atoms with Crippen LogP contribution in [0.2, 0.25) is 0 Å². The van der Waals surface area contributed by atoms with Crippen molar-refractivity contribution in [1.82, 2.24) is 0 Å². The first kappa shape index (κ1) is 8.06. The molecule has 0 amide bonds. The highest BCUT2D eigenvalue weighted by molar-refractivity contribution is 4.87. The summed E-state index contributed by atoms with van der Waals surface area (Å²) in [5.74, 6) is 0.495. The van der Waals surface area contributed by atoms with Crippen LogP contribution in [0, 0.1) is 5.92 Å². The molecule has 0 bridgehead atoms. The maximum atomic E-state index is 9.96. The van der Waals surface area contributed by atoms with E-state index in [1.807, 2.05) is 0 Å². The molecule has 0 saturated heterocycles. The van der Waals surface area contributed by atoms with E-state index in [1.165, 1.54) is 12.8 Å². The van der Waals surface area contributed by atoms with E-state index in [1.54, 1.807) is 0 Å². The lowest BCUT2D eigenvalue weighted by atomic mass is 9.86. The third kappa shape index (κ3) is 1.34. The summed E-state index contributed by atoms with van der Waals surface area (Å²) in [6.07, 6.45) is 5.61. The van der Waals surface area contributed by atoms with Gasteiger partial charge in [0.25, 0.3) is 0 Å². The lowest BCUT2D eigenvalue weighted by Crippen LogP contribution is -2.32. The Hall–Kier alpha value is -0.0400. The summed E-state index contributed by atoms with van der Waals surface area (Å²) in [4.78, 5) is 0. The minimum absolute atomic E-state index is 0.297. The Labute approximate surface area is 63.4 Å². The molecule has 1 fully saturated rings. The van der Waals surface area contributed by atoms with Gasteiger partial charge < -0.3 is 5.11 Å². The van der Waals surface area contributed by atoms with E-state index in [-0.39, 0.29) is 5.60 Å². The van der Waals surface area contributed by atoms with E-state index >= 15 is 0 Å². The molecule has 1 N–H and O–H groups in total. The molecule has 10 heavy (non-hydrogen) atoms. The maximum Gasteiger partial charge on any atom is 0.0673 e. The summed E-state index contributed by atoms with van der Waals surface area (Å²) in [7, 11) is 0. The first-order valence-electron chi connectivity index (χ1n) is 4.41. The lowest BCUT2D eigenvalue weighted by Gasteiger charge is -2.28. The van der Waals surface area contributed by atoms with Crippen LogP contribution in [0.5, 0.6) is 0 Å². The molecule has 0 heterocycles. The zero-order valence-corrected chi connectivity index (χ0v) is 7.06. The van der Waals surface area contributed by atoms with Gasteiger partial charge in [-0.2, -0.15) is 0 Å². The molecule has 0 spiro atoms. The SMILES string of the molecule is CCC(C)C1(O)CCCC1. The molecule has 1 atom stereocenters. The van der Waals surface area contributed by atoms with Gasteiger partial charge in [0.05, 0.1) is 5.60 Å². The first-order chi connectivity index (χ1) is 4.69. The van der Waals surface area contributed by atoms with Gasteiger partial charge in [0.2, 0.25) is 0 Å². The number of hydrogen-bond donors (Lipinski definition) is 1. The van der Waals surface area contributed by atoms with Gasteiger partial charge in [-0.25, -0.2) is 0 Å². The molecule has 60 valence electrons. The highest BCUT2D eigenvalue weighted by Crippen LogP contribution is 2.36. The number of hydrogen-bond acceptors (Lipinski definition) is 1. The molecule has 0 aromatic heterocycles. The molecule has 1 unspecified atom stereocenters. The molecule has 0 aliphatic heterocycles. The molecule has 0 aromatic carbocycles. The van der Waals surface area contributed by atoms with Crippen molar-refractivity contribution in [3.8, 4) is 0 Å². The molecular weight excluding hydrogens is 124 g/mol. The van der Waals surface area contributed by atoms with Gasteiger partial charge >= 0.3 is 0 Å². The van der Waals surface area contributed by atoms with Crippen molar-refractivity contribution in [3.63, 3.8) is 0 Å². The van der Waals surface area contributed by atoms with Crippen molar-refractivity contribution in [2.24, 2.45) is 5.92 Å². The summed E-state index contributed by atoms with van der Waals surface area (Å²) in [5, 5.41) is 9.96. The summed E-state index contributed by atoms with van der Waals surface area (Å²) < 4.78 is 0. The Morgan fingerprint density at radius 2 is 1.90 bits per heavy atom. The Kier molecular flexibility index (Phi) is 2.35. The monoisotopic (exact) mass is 142 g/mol. The van der Waals surface area contributed by atoms with Crippen molar-refractivity contribution < 1.29 is 5.11 Å². The van der Waals surface area contributed by atoms with Gasteiger partial charge in [-0.05, 0) is 18.8 Å². The van der Waals surface area contributed by atoms with E-state index in [0.717, 1.165) is 19.3 Å². The predicted octanol–water partition coefficient (Wildman–Crippen LogP) is 2.34. The lowest BCUT2D eigenvalue weighted by molar-refractivity contribution is -0.00647. The normalized spacial score (nSPS) is 26.7. The first-order valence-corrected chi connectivity index (χ1v) is 4.41. The van der Waals surface area contributed by atoms with Crippen LogP contribution in [-0.2, 0) is 0 Å². The van der Waals surface area contributed by atoms with Crippen LogP contribution in [0.4, 0.5) is 0 Å². The fraction of sp³-hybridized carbons (Fsp3) is 1.00. The van der Waals surface area contributed by atoms with Gasteiger partial charge in [0.15, 0.2) is 0 Å². The van der Waals surface area contributed by atoms with Crippen molar-refractivity contribution in [1.29, 1.82) is 0 Å². The molecular formula is C9H18O. The number of aliphatic hydroxyl groups is 1. The summed E-state index contributed by atoms with van der Waals surface area (Å²) in [5.41, 5.74) is -0.297. The Morgan fingerprint density at radius 1 is 1.40 bits per heavy atom. The van der Waals surface area contributed by atoms with Gasteiger partial charge in [-0.15, -0.1) is 0 Å².